The number of allylic oxidation sites excluding steroid dienone is 2. The molecule has 1 N–H and O–H groups in total. The molecule has 0 saturated carbocycles. The Morgan fingerprint density at radius 1 is 1.14 bits per heavy atom. The van der Waals surface area contributed by atoms with Gasteiger partial charge in [-0.1, -0.05) is 60.3 Å². The Bertz CT molecular complexity index is 984. The van der Waals surface area contributed by atoms with E-state index in [4.69, 9.17) is 17.0 Å². The van der Waals surface area contributed by atoms with Crippen molar-refractivity contribution in [1.29, 1.82) is 0 Å². The van der Waals surface area contributed by atoms with Crippen molar-refractivity contribution in [3.63, 3.8) is 0 Å². The molecule has 0 unspecified atom stereocenters. The van der Waals surface area contributed by atoms with Crippen molar-refractivity contribution >= 4 is 46.2 Å². The Morgan fingerprint density at radius 3 is 2.54 bits per heavy atom. The smallest absolute Gasteiger partial charge is 0.285 e. The summed E-state index contributed by atoms with van der Waals surface area (Å²) in [5.74, 6) is -0.409. The summed E-state index contributed by atoms with van der Waals surface area (Å²) in [6.45, 7) is 1.91. The first kappa shape index (κ1) is 19.9. The van der Waals surface area contributed by atoms with E-state index in [1.807, 2.05) is 43.3 Å². The van der Waals surface area contributed by atoms with Crippen LogP contribution in [0.1, 0.15) is 22.8 Å². The minimum absolute atomic E-state index is 0.270. The highest BCUT2D eigenvalue weighted by atomic mass is 32.2. The molecule has 0 aromatic heterocycles. The van der Waals surface area contributed by atoms with E-state index >= 15 is 0 Å². The van der Waals surface area contributed by atoms with Crippen molar-refractivity contribution in [3.05, 3.63) is 82.3 Å². The van der Waals surface area contributed by atoms with Crippen molar-refractivity contribution in [2.75, 3.05) is 7.11 Å². The maximum Gasteiger partial charge on any atom is 0.285 e. The highest BCUT2D eigenvalue weighted by Crippen LogP contribution is 2.31. The molecule has 1 fully saturated rings. The molecule has 2 aromatic carbocycles. The normalized spacial score (nSPS) is 15.9. The average molecular weight is 411 g/mol. The van der Waals surface area contributed by atoms with Gasteiger partial charge in [-0.25, -0.2) is 0 Å². The number of hydrogen-bond donors (Lipinski definition) is 1. The zero-order chi connectivity index (χ0) is 20.1. The lowest BCUT2D eigenvalue weighted by Gasteiger charge is -2.16. The predicted octanol–water partition coefficient (Wildman–Crippen LogP) is 4.19. The van der Waals surface area contributed by atoms with E-state index in [1.54, 1.807) is 30.3 Å². The van der Waals surface area contributed by atoms with Gasteiger partial charge in [0.15, 0.2) is 4.32 Å². The number of carbonyl (C=O) groups excluding carboxylic acids is 2. The number of nitrogens with one attached hydrogen (secondary N) is 1. The highest BCUT2D eigenvalue weighted by molar-refractivity contribution is 8.26. The summed E-state index contributed by atoms with van der Waals surface area (Å²) < 4.78 is 5.46. The third-order valence-electron chi connectivity index (χ3n) is 3.91. The zero-order valence-corrected chi connectivity index (χ0v) is 17.0. The number of thiocarbonyl (C=S) groups is 1. The summed E-state index contributed by atoms with van der Waals surface area (Å²) >= 11 is 6.42. The van der Waals surface area contributed by atoms with E-state index < -0.39 is 5.91 Å². The highest BCUT2D eigenvalue weighted by Gasteiger charge is 2.34. The summed E-state index contributed by atoms with van der Waals surface area (Å²) in [5.41, 5.74) is 4.83. The van der Waals surface area contributed by atoms with Crippen LogP contribution in [0.2, 0.25) is 0 Å². The fraction of sp³-hybridized carbons (Fsp3) is 0.0952. The van der Waals surface area contributed by atoms with Crippen molar-refractivity contribution in [3.8, 4) is 5.75 Å². The number of rotatable bonds is 5. The molecule has 1 aliphatic rings. The quantitative estimate of drug-likeness (QED) is 0.592. The molecular weight excluding hydrogens is 392 g/mol. The monoisotopic (exact) mass is 410 g/mol. The van der Waals surface area contributed by atoms with Crippen LogP contribution in [-0.2, 0) is 4.79 Å². The average Bonchev–Trinajstić information content (AvgIpc) is 2.95. The third-order valence-corrected chi connectivity index (χ3v) is 5.21. The number of benzene rings is 2. The molecule has 0 bridgehead atoms. The number of ether oxygens (including phenoxy) is 1. The van der Waals surface area contributed by atoms with Gasteiger partial charge in [0, 0.05) is 0 Å². The lowest BCUT2D eigenvalue weighted by atomic mass is 10.1. The van der Waals surface area contributed by atoms with E-state index in [9.17, 15) is 9.59 Å². The lowest BCUT2D eigenvalue weighted by Crippen LogP contribution is -2.44. The lowest BCUT2D eigenvalue weighted by molar-refractivity contribution is -0.123. The minimum atomic E-state index is -0.466. The van der Waals surface area contributed by atoms with Gasteiger partial charge in [0.1, 0.15) is 5.75 Å². The Hall–Kier alpha value is -2.90. The molecule has 0 aliphatic carbocycles. The summed E-state index contributed by atoms with van der Waals surface area (Å²) in [7, 11) is 1.48. The molecule has 28 heavy (non-hydrogen) atoms. The fourth-order valence-corrected chi connectivity index (χ4v) is 3.85. The van der Waals surface area contributed by atoms with E-state index in [-0.39, 0.29) is 10.2 Å². The van der Waals surface area contributed by atoms with E-state index in [2.05, 4.69) is 5.43 Å². The maximum atomic E-state index is 12.7. The SMILES string of the molecule is COc1ccccc1C(=O)NN1C(=O)/C(=C\C(C)=Cc2ccccc2)SC1=S. The van der Waals surface area contributed by atoms with Gasteiger partial charge in [-0.05, 0) is 48.5 Å². The largest absolute Gasteiger partial charge is 0.496 e. The van der Waals surface area contributed by atoms with Gasteiger partial charge < -0.3 is 4.74 Å². The summed E-state index contributed by atoms with van der Waals surface area (Å²) in [5, 5.41) is 1.09. The van der Waals surface area contributed by atoms with Gasteiger partial charge in [-0.3, -0.25) is 15.0 Å². The number of para-hydroxylation sites is 1. The van der Waals surface area contributed by atoms with Crippen LogP contribution in [0.4, 0.5) is 0 Å². The Labute approximate surface area is 173 Å². The van der Waals surface area contributed by atoms with Gasteiger partial charge in [-0.2, -0.15) is 5.01 Å². The number of thioether (sulfide) groups is 1. The van der Waals surface area contributed by atoms with Crippen LogP contribution < -0.4 is 10.2 Å². The number of nitrogens with zero attached hydrogens (tertiary/aromatic N) is 1. The molecule has 0 atom stereocenters. The third kappa shape index (κ3) is 4.49. The van der Waals surface area contributed by atoms with Gasteiger partial charge in [0.05, 0.1) is 17.6 Å². The predicted molar refractivity (Wildman–Crippen MR) is 116 cm³/mol. The minimum Gasteiger partial charge on any atom is -0.496 e. The Kier molecular flexibility index (Phi) is 6.28. The number of carbonyl (C=O) groups is 2. The standard InChI is InChI=1S/C21H18N2O3S2/c1-14(12-15-8-4-3-5-9-15)13-18-20(25)23(21(27)28-18)22-19(24)16-10-6-7-11-17(16)26-2/h3-13H,1-2H3,(H,22,24)/b14-12?,18-13+. The van der Waals surface area contributed by atoms with Crippen LogP contribution in [0, 0.1) is 0 Å². The van der Waals surface area contributed by atoms with Gasteiger partial charge in [0.2, 0.25) is 0 Å². The molecule has 1 aliphatic heterocycles. The van der Waals surface area contributed by atoms with Crippen molar-refractivity contribution in [2.45, 2.75) is 6.92 Å². The van der Waals surface area contributed by atoms with Crippen LogP contribution in [0.5, 0.6) is 5.75 Å². The Balaban J connectivity index is 1.76. The molecule has 5 nitrogen and oxygen atoms in total. The van der Waals surface area contributed by atoms with Crippen LogP contribution >= 0.6 is 24.0 Å². The second-order valence-electron chi connectivity index (χ2n) is 5.96. The van der Waals surface area contributed by atoms with Crippen LogP contribution in [-0.4, -0.2) is 28.3 Å². The van der Waals surface area contributed by atoms with Crippen LogP contribution in [0.25, 0.3) is 6.08 Å². The number of hydrazine groups is 1. The van der Waals surface area contributed by atoms with Crippen LogP contribution in [0.3, 0.4) is 0 Å². The fourth-order valence-electron chi connectivity index (χ4n) is 2.62. The molecule has 1 saturated heterocycles. The van der Waals surface area contributed by atoms with Gasteiger partial charge >= 0.3 is 0 Å². The molecule has 1 heterocycles. The second-order valence-corrected chi connectivity index (χ2v) is 7.63. The van der Waals surface area contributed by atoms with E-state index in [0.29, 0.717) is 16.2 Å². The van der Waals surface area contributed by atoms with Crippen molar-refractivity contribution < 1.29 is 14.3 Å². The molecule has 2 aromatic rings. The first-order valence-corrected chi connectivity index (χ1v) is 9.67. The number of hydrogen-bond acceptors (Lipinski definition) is 5. The van der Waals surface area contributed by atoms with Gasteiger partial charge in [-0.15, -0.1) is 0 Å². The first-order chi connectivity index (χ1) is 13.5. The van der Waals surface area contributed by atoms with Crippen molar-refractivity contribution in [2.24, 2.45) is 0 Å². The molecule has 142 valence electrons. The van der Waals surface area contributed by atoms with Crippen molar-refractivity contribution in [1.82, 2.24) is 10.4 Å². The molecule has 0 radical (unpaired) electrons. The van der Waals surface area contributed by atoms with E-state index in [0.717, 1.165) is 27.9 Å². The Morgan fingerprint density at radius 2 is 1.82 bits per heavy atom. The van der Waals surface area contributed by atoms with E-state index in [1.165, 1.54) is 7.11 Å². The second kappa shape index (κ2) is 8.86. The zero-order valence-electron chi connectivity index (χ0n) is 15.3. The summed E-state index contributed by atoms with van der Waals surface area (Å²) in [6, 6.07) is 16.6. The van der Waals surface area contributed by atoms with Crippen LogP contribution in [0.15, 0.2) is 71.2 Å². The summed E-state index contributed by atoms with van der Waals surface area (Å²) in [6.07, 6.45) is 3.74. The molecule has 7 heteroatoms. The topological polar surface area (TPSA) is 58.6 Å². The molecular formula is C21H18N2O3S2. The maximum absolute atomic E-state index is 12.7. The summed E-state index contributed by atoms with van der Waals surface area (Å²) in [4.78, 5) is 25.7. The number of methoxy groups -OCH3 is 1. The number of amides is 2. The molecule has 3 rings (SSSR count). The molecule has 2 amide bonds. The van der Waals surface area contributed by atoms with Gasteiger partial charge in [0.25, 0.3) is 11.8 Å². The molecule has 0 spiro atoms. The first-order valence-electron chi connectivity index (χ1n) is 8.45.